The van der Waals surface area contributed by atoms with Gasteiger partial charge in [-0.2, -0.15) is 5.10 Å². The Kier molecular flexibility index (Phi) is 4.19. The molecule has 7 nitrogen and oxygen atoms in total. The number of piperidine rings is 1. The minimum Gasteiger partial charge on any atom is -0.387 e. The average molecular weight is 409 g/mol. The van der Waals surface area contributed by atoms with Gasteiger partial charge in [-0.1, -0.05) is 18.2 Å². The number of hydrogen-bond acceptors (Lipinski definition) is 6. The number of rotatable bonds is 3. The molecule has 0 radical (unpaired) electrons. The van der Waals surface area contributed by atoms with Gasteiger partial charge in [0.1, 0.15) is 11.7 Å². The van der Waals surface area contributed by atoms with E-state index in [1.807, 2.05) is 24.5 Å². The summed E-state index contributed by atoms with van der Waals surface area (Å²) in [5, 5.41) is 4.40. The monoisotopic (exact) mass is 409 g/mol. The number of aliphatic imine (C=N–C) groups is 1. The number of nitrogens with two attached hydrogens (primary N) is 1. The maximum Gasteiger partial charge on any atom is 0.147 e. The second kappa shape index (κ2) is 7.19. The van der Waals surface area contributed by atoms with Crippen molar-refractivity contribution in [2.75, 3.05) is 18.0 Å². The van der Waals surface area contributed by atoms with Crippen LogP contribution in [0.15, 0.2) is 66.0 Å². The van der Waals surface area contributed by atoms with Crippen LogP contribution in [0.25, 0.3) is 22.2 Å². The first-order valence-corrected chi connectivity index (χ1v) is 10.7. The van der Waals surface area contributed by atoms with Gasteiger partial charge in [0.2, 0.25) is 0 Å². The Morgan fingerprint density at radius 2 is 1.81 bits per heavy atom. The topological polar surface area (TPSA) is 85.2 Å². The summed E-state index contributed by atoms with van der Waals surface area (Å²) in [6, 6.07) is 15.0. The normalized spacial score (nSPS) is 16.5. The van der Waals surface area contributed by atoms with Crippen LogP contribution in [-0.4, -0.2) is 38.7 Å². The summed E-state index contributed by atoms with van der Waals surface area (Å²) in [7, 11) is 0. The molecule has 0 bridgehead atoms. The molecule has 4 heterocycles. The highest BCUT2D eigenvalue weighted by Gasteiger charge is 2.22. The Morgan fingerprint density at radius 3 is 2.65 bits per heavy atom. The molecule has 154 valence electrons. The van der Waals surface area contributed by atoms with Gasteiger partial charge >= 0.3 is 0 Å². The predicted octanol–water partition coefficient (Wildman–Crippen LogP) is 3.88. The number of fused-ring (bicyclic) bond motifs is 2. The molecule has 7 heteroatoms. The van der Waals surface area contributed by atoms with Crippen LogP contribution in [0.4, 0.5) is 11.5 Å². The molecule has 1 fully saturated rings. The lowest BCUT2D eigenvalue weighted by Gasteiger charge is -2.32. The Hall–Kier alpha value is -3.74. The van der Waals surface area contributed by atoms with Crippen molar-refractivity contribution in [2.24, 2.45) is 10.7 Å². The first-order valence-electron chi connectivity index (χ1n) is 10.7. The third-order valence-corrected chi connectivity index (χ3v) is 6.27. The highest BCUT2D eigenvalue weighted by atomic mass is 15.3. The zero-order valence-electron chi connectivity index (χ0n) is 17.1. The van der Waals surface area contributed by atoms with E-state index >= 15 is 0 Å². The molecule has 2 aromatic carbocycles. The number of hydrogen-bond donors (Lipinski definition) is 1. The van der Waals surface area contributed by atoms with Crippen molar-refractivity contribution in [1.82, 2.24) is 19.7 Å². The van der Waals surface area contributed by atoms with E-state index in [4.69, 9.17) is 10.7 Å². The summed E-state index contributed by atoms with van der Waals surface area (Å²) >= 11 is 0. The second-order valence-corrected chi connectivity index (χ2v) is 8.26. The fourth-order valence-electron chi connectivity index (χ4n) is 4.58. The van der Waals surface area contributed by atoms with E-state index in [1.54, 1.807) is 0 Å². The fraction of sp³-hybridized carbons (Fsp3) is 0.250. The molecule has 0 amide bonds. The zero-order valence-corrected chi connectivity index (χ0v) is 17.1. The summed E-state index contributed by atoms with van der Waals surface area (Å²) in [6.07, 6.45) is 8.64. The Labute approximate surface area is 180 Å². The summed E-state index contributed by atoms with van der Waals surface area (Å²) in [6.45, 7) is 1.91. The molecule has 2 aliphatic heterocycles. The van der Waals surface area contributed by atoms with E-state index in [0.29, 0.717) is 11.9 Å². The number of benzene rings is 2. The standard InChI is InChI=1S/C24H23N7/c25-23-14-18-3-2-16(12-21(18)28-23)17-4-5-20-22(13-17)29-24(15-26-20)30-10-6-19(7-11-30)31-9-1-8-27-31/h1-5,8-9,12-13,15,19H,6-7,10-11,14H2,(H2,25,28). The Bertz CT molecular complexity index is 1280. The second-order valence-electron chi connectivity index (χ2n) is 8.26. The molecular weight excluding hydrogens is 386 g/mol. The maximum absolute atomic E-state index is 5.89. The van der Waals surface area contributed by atoms with Gasteiger partial charge in [0.25, 0.3) is 0 Å². The van der Waals surface area contributed by atoms with Crippen molar-refractivity contribution < 1.29 is 0 Å². The molecule has 0 saturated carbocycles. The van der Waals surface area contributed by atoms with Gasteiger partial charge in [0.05, 0.1) is 29.0 Å². The quantitative estimate of drug-likeness (QED) is 0.555. The minimum absolute atomic E-state index is 0.461. The molecular formula is C24H23N7. The van der Waals surface area contributed by atoms with E-state index < -0.39 is 0 Å². The maximum atomic E-state index is 5.89. The summed E-state index contributed by atoms with van der Waals surface area (Å²) in [5.74, 6) is 1.62. The highest BCUT2D eigenvalue weighted by Crippen LogP contribution is 2.32. The van der Waals surface area contributed by atoms with Crippen LogP contribution in [0.1, 0.15) is 24.4 Å². The summed E-state index contributed by atoms with van der Waals surface area (Å²) in [5.41, 5.74) is 12.1. The lowest BCUT2D eigenvalue weighted by molar-refractivity contribution is 0.366. The van der Waals surface area contributed by atoms with Crippen molar-refractivity contribution in [3.63, 3.8) is 0 Å². The Morgan fingerprint density at radius 1 is 0.968 bits per heavy atom. The van der Waals surface area contributed by atoms with Gasteiger partial charge in [0, 0.05) is 31.9 Å². The van der Waals surface area contributed by atoms with Crippen LogP contribution in [-0.2, 0) is 6.42 Å². The molecule has 6 rings (SSSR count). The number of nitrogens with zero attached hydrogens (tertiary/aromatic N) is 6. The zero-order chi connectivity index (χ0) is 20.8. The van der Waals surface area contributed by atoms with E-state index in [1.165, 1.54) is 5.56 Å². The van der Waals surface area contributed by atoms with Crippen LogP contribution >= 0.6 is 0 Å². The van der Waals surface area contributed by atoms with Gasteiger partial charge < -0.3 is 10.6 Å². The van der Waals surface area contributed by atoms with E-state index in [0.717, 1.165) is 66.0 Å². The smallest absolute Gasteiger partial charge is 0.147 e. The largest absolute Gasteiger partial charge is 0.387 e. The molecule has 0 atom stereocenters. The van der Waals surface area contributed by atoms with Crippen molar-refractivity contribution in [3.05, 3.63) is 66.6 Å². The van der Waals surface area contributed by atoms with Gasteiger partial charge in [-0.05, 0) is 53.8 Å². The van der Waals surface area contributed by atoms with Gasteiger partial charge in [-0.25, -0.2) is 9.98 Å². The SMILES string of the molecule is NC1=Nc2cc(-c3ccc4ncc(N5CCC(n6cccn6)CC5)nc4c3)ccc2C1. The third-order valence-electron chi connectivity index (χ3n) is 6.27. The molecule has 4 aromatic rings. The van der Waals surface area contributed by atoms with Crippen molar-refractivity contribution >= 4 is 28.4 Å². The summed E-state index contributed by atoms with van der Waals surface area (Å²) < 4.78 is 2.07. The van der Waals surface area contributed by atoms with Crippen LogP contribution < -0.4 is 10.6 Å². The number of amidine groups is 1. The lowest BCUT2D eigenvalue weighted by atomic mass is 10.0. The summed E-state index contributed by atoms with van der Waals surface area (Å²) in [4.78, 5) is 16.4. The van der Waals surface area contributed by atoms with E-state index in [9.17, 15) is 0 Å². The van der Waals surface area contributed by atoms with Crippen molar-refractivity contribution in [1.29, 1.82) is 0 Å². The van der Waals surface area contributed by atoms with Crippen LogP contribution in [0.5, 0.6) is 0 Å². The molecule has 0 spiro atoms. The minimum atomic E-state index is 0.461. The van der Waals surface area contributed by atoms with Crippen LogP contribution in [0, 0.1) is 0 Å². The molecule has 1 saturated heterocycles. The van der Waals surface area contributed by atoms with Crippen molar-refractivity contribution in [2.45, 2.75) is 25.3 Å². The molecule has 0 aliphatic carbocycles. The third kappa shape index (κ3) is 3.32. The van der Waals surface area contributed by atoms with E-state index in [2.05, 4.69) is 61.2 Å². The van der Waals surface area contributed by atoms with Crippen LogP contribution in [0.2, 0.25) is 0 Å². The molecule has 0 unspecified atom stereocenters. The Balaban J connectivity index is 1.27. The number of aromatic nitrogens is 4. The highest BCUT2D eigenvalue weighted by molar-refractivity contribution is 5.92. The number of anilines is 1. The first-order chi connectivity index (χ1) is 15.2. The molecule has 2 aliphatic rings. The predicted molar refractivity (Wildman–Crippen MR) is 123 cm³/mol. The average Bonchev–Trinajstić information content (AvgIpc) is 3.47. The molecule has 2 aromatic heterocycles. The van der Waals surface area contributed by atoms with Gasteiger partial charge in [0.15, 0.2) is 0 Å². The lowest BCUT2D eigenvalue weighted by Crippen LogP contribution is -2.35. The fourth-order valence-corrected chi connectivity index (χ4v) is 4.58. The van der Waals surface area contributed by atoms with Gasteiger partial charge in [-0.15, -0.1) is 0 Å². The van der Waals surface area contributed by atoms with Gasteiger partial charge in [-0.3, -0.25) is 9.67 Å². The van der Waals surface area contributed by atoms with Crippen LogP contribution in [0.3, 0.4) is 0 Å². The van der Waals surface area contributed by atoms with E-state index in [-0.39, 0.29) is 0 Å². The molecule has 2 N–H and O–H groups in total. The first kappa shape index (κ1) is 18.1. The molecule has 31 heavy (non-hydrogen) atoms. The van der Waals surface area contributed by atoms with Crippen molar-refractivity contribution in [3.8, 4) is 11.1 Å².